The Balaban J connectivity index is 2.19. The van der Waals surface area contributed by atoms with Crippen LogP contribution in [0.1, 0.15) is 5.01 Å². The molecule has 0 aliphatic carbocycles. The van der Waals surface area contributed by atoms with Gasteiger partial charge in [-0.25, -0.2) is 4.98 Å². The van der Waals surface area contributed by atoms with Crippen LogP contribution in [0.25, 0.3) is 11.3 Å². The van der Waals surface area contributed by atoms with E-state index in [0.717, 1.165) is 16.3 Å². The molecule has 0 unspecified atom stereocenters. The summed E-state index contributed by atoms with van der Waals surface area (Å²) in [6, 6.07) is 5.65. The Bertz CT molecular complexity index is 504. The zero-order valence-electron chi connectivity index (χ0n) is 8.78. The second-order valence-corrected chi connectivity index (χ2v) is 4.39. The lowest BCUT2D eigenvalue weighted by Crippen LogP contribution is -2.16. The van der Waals surface area contributed by atoms with Crippen molar-refractivity contribution in [1.82, 2.24) is 4.98 Å². The van der Waals surface area contributed by atoms with Crippen LogP contribution in [0.15, 0.2) is 29.6 Å². The number of rotatable bonds is 2. The fourth-order valence-electron chi connectivity index (χ4n) is 1.32. The predicted molar refractivity (Wildman–Crippen MR) is 59.0 cm³/mol. The number of aromatic nitrogens is 1. The number of alkyl halides is 3. The van der Waals surface area contributed by atoms with Gasteiger partial charge >= 0.3 is 6.36 Å². The van der Waals surface area contributed by atoms with E-state index in [1.807, 2.05) is 12.3 Å². The molecule has 0 radical (unpaired) electrons. The molecule has 0 saturated heterocycles. The predicted octanol–water partition coefficient (Wildman–Crippen LogP) is 4.02. The second-order valence-electron chi connectivity index (χ2n) is 3.32. The fraction of sp³-hybridized carbons (Fsp3) is 0.182. The Kier molecular flexibility index (Phi) is 3.06. The van der Waals surface area contributed by atoms with E-state index >= 15 is 0 Å². The molecular formula is C11H8F3NOS. The number of aryl methyl sites for hydroxylation is 1. The molecule has 17 heavy (non-hydrogen) atoms. The van der Waals surface area contributed by atoms with Crippen LogP contribution in [0.4, 0.5) is 13.2 Å². The van der Waals surface area contributed by atoms with Crippen molar-refractivity contribution in [3.63, 3.8) is 0 Å². The van der Waals surface area contributed by atoms with Crippen LogP contribution in [0.2, 0.25) is 0 Å². The van der Waals surface area contributed by atoms with Crippen molar-refractivity contribution in [2.24, 2.45) is 0 Å². The summed E-state index contributed by atoms with van der Waals surface area (Å²) in [5.41, 5.74) is 1.52. The molecule has 0 bridgehead atoms. The Morgan fingerprint density at radius 3 is 2.29 bits per heavy atom. The van der Waals surface area contributed by atoms with Crippen LogP contribution in [0.5, 0.6) is 5.75 Å². The lowest BCUT2D eigenvalue weighted by Gasteiger charge is -2.08. The molecule has 2 aromatic rings. The van der Waals surface area contributed by atoms with Crippen LogP contribution in [0.3, 0.4) is 0 Å². The van der Waals surface area contributed by atoms with Gasteiger partial charge in [-0.15, -0.1) is 24.5 Å². The van der Waals surface area contributed by atoms with Gasteiger partial charge in [0.15, 0.2) is 0 Å². The lowest BCUT2D eigenvalue weighted by atomic mass is 10.2. The molecule has 2 nitrogen and oxygen atoms in total. The molecule has 90 valence electrons. The first kappa shape index (κ1) is 11.9. The van der Waals surface area contributed by atoms with Crippen molar-refractivity contribution in [2.75, 3.05) is 0 Å². The zero-order chi connectivity index (χ0) is 12.5. The summed E-state index contributed by atoms with van der Waals surface area (Å²) in [6.45, 7) is 1.87. The zero-order valence-corrected chi connectivity index (χ0v) is 9.60. The molecule has 6 heteroatoms. The molecule has 0 amide bonds. The maximum Gasteiger partial charge on any atom is 0.573 e. The van der Waals surface area contributed by atoms with Crippen LogP contribution in [-0.2, 0) is 0 Å². The number of ether oxygens (including phenoxy) is 1. The highest BCUT2D eigenvalue weighted by molar-refractivity contribution is 7.09. The van der Waals surface area contributed by atoms with E-state index in [-0.39, 0.29) is 5.75 Å². The Hall–Kier alpha value is -1.56. The van der Waals surface area contributed by atoms with E-state index in [2.05, 4.69) is 9.72 Å². The molecule has 1 aromatic heterocycles. The molecule has 0 N–H and O–H groups in total. The maximum absolute atomic E-state index is 11.9. The molecule has 0 spiro atoms. The van der Waals surface area contributed by atoms with Gasteiger partial charge in [0.25, 0.3) is 0 Å². The van der Waals surface area contributed by atoms with Gasteiger partial charge in [-0.1, -0.05) is 0 Å². The Morgan fingerprint density at radius 1 is 1.18 bits per heavy atom. The SMILES string of the molecule is Cc1nc(-c2ccc(OC(F)(F)F)cc2)cs1. The summed E-state index contributed by atoms with van der Waals surface area (Å²) >= 11 is 1.49. The largest absolute Gasteiger partial charge is 0.573 e. The Labute approximate surface area is 99.7 Å². The first-order valence-corrected chi connectivity index (χ1v) is 5.60. The van der Waals surface area contributed by atoms with Crippen molar-refractivity contribution in [3.8, 4) is 17.0 Å². The smallest absolute Gasteiger partial charge is 0.406 e. The standard InChI is InChI=1S/C11H8F3NOS/c1-7-15-10(6-17-7)8-2-4-9(5-3-8)16-11(12,13)14/h2-6H,1H3. The molecular weight excluding hydrogens is 251 g/mol. The van der Waals surface area contributed by atoms with Crippen molar-refractivity contribution in [2.45, 2.75) is 13.3 Å². The topological polar surface area (TPSA) is 22.1 Å². The van der Waals surface area contributed by atoms with Crippen LogP contribution >= 0.6 is 11.3 Å². The summed E-state index contributed by atoms with van der Waals surface area (Å²) in [4.78, 5) is 4.24. The summed E-state index contributed by atoms with van der Waals surface area (Å²) in [7, 11) is 0. The Morgan fingerprint density at radius 2 is 1.82 bits per heavy atom. The summed E-state index contributed by atoms with van der Waals surface area (Å²) in [5, 5.41) is 2.77. The maximum atomic E-state index is 11.9. The minimum atomic E-state index is -4.65. The minimum absolute atomic E-state index is 0.229. The van der Waals surface area contributed by atoms with E-state index < -0.39 is 6.36 Å². The van der Waals surface area contributed by atoms with Crippen molar-refractivity contribution in [3.05, 3.63) is 34.7 Å². The van der Waals surface area contributed by atoms with E-state index in [4.69, 9.17) is 0 Å². The second kappa shape index (κ2) is 4.37. The number of hydrogen-bond acceptors (Lipinski definition) is 3. The molecule has 1 heterocycles. The first-order valence-electron chi connectivity index (χ1n) is 4.72. The van der Waals surface area contributed by atoms with Crippen molar-refractivity contribution < 1.29 is 17.9 Å². The molecule has 1 aromatic carbocycles. The van der Waals surface area contributed by atoms with Crippen LogP contribution in [-0.4, -0.2) is 11.3 Å². The number of nitrogens with zero attached hydrogens (tertiary/aromatic N) is 1. The molecule has 0 fully saturated rings. The van der Waals surface area contributed by atoms with E-state index in [0.29, 0.717) is 0 Å². The van der Waals surface area contributed by atoms with Gasteiger partial charge in [-0.05, 0) is 31.2 Å². The van der Waals surface area contributed by atoms with Crippen molar-refractivity contribution >= 4 is 11.3 Å². The van der Waals surface area contributed by atoms with E-state index in [9.17, 15) is 13.2 Å². The van der Waals surface area contributed by atoms with Gasteiger partial charge in [0.1, 0.15) is 5.75 Å². The lowest BCUT2D eigenvalue weighted by molar-refractivity contribution is -0.274. The van der Waals surface area contributed by atoms with Gasteiger partial charge in [0.2, 0.25) is 0 Å². The highest BCUT2D eigenvalue weighted by Crippen LogP contribution is 2.26. The first-order chi connectivity index (χ1) is 7.94. The third-order valence-corrected chi connectivity index (χ3v) is 2.78. The van der Waals surface area contributed by atoms with E-state index in [1.54, 1.807) is 12.1 Å². The molecule has 0 saturated carbocycles. The molecule has 0 aliphatic rings. The van der Waals surface area contributed by atoms with Gasteiger partial charge in [0.05, 0.1) is 10.7 Å². The number of halogens is 3. The third-order valence-electron chi connectivity index (χ3n) is 2.00. The van der Waals surface area contributed by atoms with E-state index in [1.165, 1.54) is 23.5 Å². The highest BCUT2D eigenvalue weighted by atomic mass is 32.1. The molecule has 0 aliphatic heterocycles. The highest BCUT2D eigenvalue weighted by Gasteiger charge is 2.30. The number of hydrogen-bond donors (Lipinski definition) is 0. The van der Waals surface area contributed by atoms with Gasteiger partial charge < -0.3 is 4.74 Å². The van der Waals surface area contributed by atoms with Crippen LogP contribution in [0, 0.1) is 6.92 Å². The average Bonchev–Trinajstić information content (AvgIpc) is 2.63. The van der Waals surface area contributed by atoms with Gasteiger partial charge in [0, 0.05) is 10.9 Å². The quantitative estimate of drug-likeness (QED) is 0.812. The third kappa shape index (κ3) is 3.20. The summed E-state index contributed by atoms with van der Waals surface area (Å²) < 4.78 is 39.6. The number of thiazole rings is 1. The molecule has 0 atom stereocenters. The van der Waals surface area contributed by atoms with Gasteiger partial charge in [-0.2, -0.15) is 0 Å². The summed E-state index contributed by atoms with van der Waals surface area (Å²) in [6.07, 6.45) is -4.65. The summed E-state index contributed by atoms with van der Waals surface area (Å²) in [5.74, 6) is -0.229. The average molecular weight is 259 g/mol. The normalized spacial score (nSPS) is 11.5. The monoisotopic (exact) mass is 259 g/mol. The fourth-order valence-corrected chi connectivity index (χ4v) is 1.95. The minimum Gasteiger partial charge on any atom is -0.406 e. The molecule has 2 rings (SSSR count). The van der Waals surface area contributed by atoms with Gasteiger partial charge in [-0.3, -0.25) is 0 Å². The van der Waals surface area contributed by atoms with Crippen LogP contribution < -0.4 is 4.74 Å². The number of benzene rings is 1. The van der Waals surface area contributed by atoms with Crippen molar-refractivity contribution in [1.29, 1.82) is 0 Å².